The van der Waals surface area contributed by atoms with Crippen LogP contribution in [0.3, 0.4) is 0 Å². The lowest BCUT2D eigenvalue weighted by Gasteiger charge is -2.29. The maximum atomic E-state index is 13.7. The molecule has 0 bridgehead atoms. The molecule has 1 saturated heterocycles. The summed E-state index contributed by atoms with van der Waals surface area (Å²) in [6, 6.07) is 9.45. The summed E-state index contributed by atoms with van der Waals surface area (Å²) in [4.78, 5) is 45.3. The van der Waals surface area contributed by atoms with Crippen molar-refractivity contribution in [1.82, 2.24) is 14.9 Å². The van der Waals surface area contributed by atoms with Gasteiger partial charge in [-0.05, 0) is 37.3 Å². The number of amides is 1. The number of anilines is 1. The highest BCUT2D eigenvalue weighted by molar-refractivity contribution is 7.17. The molecule has 1 aliphatic heterocycles. The van der Waals surface area contributed by atoms with E-state index in [-0.39, 0.29) is 30.3 Å². The van der Waals surface area contributed by atoms with E-state index in [1.807, 2.05) is 19.1 Å². The number of hydrogen-bond donors (Lipinski definition) is 1. The van der Waals surface area contributed by atoms with Gasteiger partial charge in [-0.3, -0.25) is 19.0 Å². The van der Waals surface area contributed by atoms with Crippen molar-refractivity contribution >= 4 is 39.2 Å². The van der Waals surface area contributed by atoms with Crippen LogP contribution in [0.25, 0.3) is 10.2 Å². The van der Waals surface area contributed by atoms with Crippen LogP contribution in [-0.4, -0.2) is 40.9 Å². The van der Waals surface area contributed by atoms with Crippen molar-refractivity contribution in [3.8, 4) is 6.07 Å². The Kier molecular flexibility index (Phi) is 7.93. The van der Waals surface area contributed by atoms with Crippen molar-refractivity contribution in [1.29, 1.82) is 5.26 Å². The third-order valence-electron chi connectivity index (χ3n) is 6.23. The number of fused-ring (bicyclic) bond motifs is 1. The Labute approximate surface area is 208 Å². The van der Waals surface area contributed by atoms with Gasteiger partial charge in [-0.15, -0.1) is 11.3 Å². The maximum Gasteiger partial charge on any atom is 0.273 e. The molecule has 2 aromatic heterocycles. The smallest absolute Gasteiger partial charge is 0.273 e. The third kappa shape index (κ3) is 5.43. The van der Waals surface area contributed by atoms with Crippen LogP contribution in [0.1, 0.15) is 66.9 Å². The minimum absolute atomic E-state index is 0.119. The molecule has 0 aliphatic carbocycles. The SMILES string of the molecule is CCCC(=O)CCNC(=O)c1csc2c(=O)n(Cc3ccccc3C#N)c(N3CCCCC3)nc12. The number of carbonyl (C=O) groups is 2. The van der Waals surface area contributed by atoms with Gasteiger partial charge in [-0.1, -0.05) is 25.1 Å². The van der Waals surface area contributed by atoms with Gasteiger partial charge >= 0.3 is 0 Å². The first-order valence-electron chi connectivity index (χ1n) is 12.1. The molecule has 1 aromatic carbocycles. The molecule has 0 spiro atoms. The fourth-order valence-electron chi connectivity index (χ4n) is 4.38. The van der Waals surface area contributed by atoms with Crippen LogP contribution >= 0.6 is 11.3 Å². The fourth-order valence-corrected chi connectivity index (χ4v) is 5.31. The molecule has 0 atom stereocenters. The second-order valence-corrected chi connectivity index (χ2v) is 9.62. The number of hydrogen-bond acceptors (Lipinski definition) is 7. The molecule has 0 radical (unpaired) electrons. The molecule has 1 N–H and O–H groups in total. The Morgan fingerprint density at radius 1 is 1.17 bits per heavy atom. The van der Waals surface area contributed by atoms with Crippen LogP contribution in [0.15, 0.2) is 34.4 Å². The first-order valence-corrected chi connectivity index (χ1v) is 13.0. The summed E-state index contributed by atoms with van der Waals surface area (Å²) < 4.78 is 2.04. The number of nitrogens with one attached hydrogen (secondary N) is 1. The summed E-state index contributed by atoms with van der Waals surface area (Å²) in [5, 5.41) is 14.0. The zero-order valence-corrected chi connectivity index (χ0v) is 20.7. The predicted octanol–water partition coefficient (Wildman–Crippen LogP) is 3.86. The Balaban J connectivity index is 1.71. The van der Waals surface area contributed by atoms with Gasteiger partial charge < -0.3 is 10.2 Å². The number of aromatic nitrogens is 2. The number of piperidine rings is 1. The molecule has 182 valence electrons. The fraction of sp³-hybridized carbons (Fsp3) is 0.423. The molecule has 9 heteroatoms. The summed E-state index contributed by atoms with van der Waals surface area (Å²) in [6.45, 7) is 4.00. The third-order valence-corrected chi connectivity index (χ3v) is 7.18. The highest BCUT2D eigenvalue weighted by atomic mass is 32.1. The molecule has 1 aliphatic rings. The van der Waals surface area contributed by atoms with Crippen molar-refractivity contribution < 1.29 is 9.59 Å². The molecule has 1 fully saturated rings. The lowest BCUT2D eigenvalue weighted by molar-refractivity contribution is -0.118. The molecule has 4 rings (SSSR count). The highest BCUT2D eigenvalue weighted by Crippen LogP contribution is 2.26. The Hall–Kier alpha value is -3.51. The Bertz CT molecular complexity index is 1330. The minimum atomic E-state index is -0.329. The first kappa shape index (κ1) is 24.6. The molecule has 0 saturated carbocycles. The van der Waals surface area contributed by atoms with Crippen molar-refractivity contribution in [3.05, 3.63) is 56.7 Å². The van der Waals surface area contributed by atoms with Gasteiger partial charge in [0.2, 0.25) is 5.95 Å². The van der Waals surface area contributed by atoms with E-state index in [4.69, 9.17) is 4.98 Å². The minimum Gasteiger partial charge on any atom is -0.352 e. The highest BCUT2D eigenvalue weighted by Gasteiger charge is 2.24. The largest absolute Gasteiger partial charge is 0.352 e. The van der Waals surface area contributed by atoms with E-state index in [0.29, 0.717) is 40.1 Å². The molecule has 3 heterocycles. The van der Waals surface area contributed by atoms with Gasteiger partial charge in [-0.25, -0.2) is 4.98 Å². The second kappa shape index (κ2) is 11.3. The van der Waals surface area contributed by atoms with Crippen LogP contribution in [0.5, 0.6) is 0 Å². The van der Waals surface area contributed by atoms with E-state index in [0.717, 1.165) is 44.3 Å². The summed E-state index contributed by atoms with van der Waals surface area (Å²) in [5.41, 5.74) is 1.80. The van der Waals surface area contributed by atoms with E-state index >= 15 is 0 Å². The van der Waals surface area contributed by atoms with Crippen molar-refractivity contribution in [2.45, 2.75) is 52.0 Å². The molecule has 0 unspecified atom stereocenters. The van der Waals surface area contributed by atoms with Crippen molar-refractivity contribution in [3.63, 3.8) is 0 Å². The van der Waals surface area contributed by atoms with E-state index in [9.17, 15) is 19.6 Å². The number of nitrogens with zero attached hydrogens (tertiary/aromatic N) is 4. The van der Waals surface area contributed by atoms with Crippen LogP contribution in [0, 0.1) is 11.3 Å². The first-order chi connectivity index (χ1) is 17.0. The number of nitriles is 1. The Morgan fingerprint density at radius 3 is 2.69 bits per heavy atom. The number of Topliss-reactive ketones (excluding diaryl/α,β-unsaturated/α-hetero) is 1. The number of ketones is 1. The van der Waals surface area contributed by atoms with Crippen molar-refractivity contribution in [2.75, 3.05) is 24.5 Å². The van der Waals surface area contributed by atoms with Gasteiger partial charge in [0.1, 0.15) is 16.0 Å². The van der Waals surface area contributed by atoms with E-state index < -0.39 is 0 Å². The van der Waals surface area contributed by atoms with Crippen LogP contribution in [0.4, 0.5) is 5.95 Å². The van der Waals surface area contributed by atoms with Gasteiger partial charge in [0.15, 0.2) is 0 Å². The number of benzene rings is 1. The van der Waals surface area contributed by atoms with Crippen molar-refractivity contribution in [2.24, 2.45) is 0 Å². The monoisotopic (exact) mass is 491 g/mol. The Morgan fingerprint density at radius 2 is 1.94 bits per heavy atom. The molecule has 35 heavy (non-hydrogen) atoms. The summed E-state index contributed by atoms with van der Waals surface area (Å²) >= 11 is 1.20. The lowest BCUT2D eigenvalue weighted by Crippen LogP contribution is -2.36. The average molecular weight is 492 g/mol. The molecule has 8 nitrogen and oxygen atoms in total. The molecular weight excluding hydrogens is 462 g/mol. The quantitative estimate of drug-likeness (QED) is 0.487. The maximum absolute atomic E-state index is 13.7. The van der Waals surface area contributed by atoms with Crippen LogP contribution in [0.2, 0.25) is 0 Å². The predicted molar refractivity (Wildman–Crippen MR) is 137 cm³/mol. The van der Waals surface area contributed by atoms with Crippen LogP contribution < -0.4 is 15.8 Å². The van der Waals surface area contributed by atoms with E-state index in [1.165, 1.54) is 11.3 Å². The lowest BCUT2D eigenvalue weighted by atomic mass is 10.1. The number of rotatable bonds is 9. The molecular formula is C26H29N5O3S. The summed E-state index contributed by atoms with van der Waals surface area (Å²) in [5.74, 6) is 0.319. The zero-order valence-electron chi connectivity index (χ0n) is 19.9. The van der Waals surface area contributed by atoms with E-state index in [1.54, 1.807) is 22.1 Å². The number of thiophene rings is 1. The zero-order chi connectivity index (χ0) is 24.8. The standard InChI is InChI=1S/C26H29N5O3S/c1-2-8-20(32)11-12-28-24(33)21-17-35-23-22(21)29-26(30-13-6-3-7-14-30)31(25(23)34)16-19-10-5-4-9-18(19)15-27/h4-5,9-10,17H,2-3,6-8,11-14,16H2,1H3,(H,28,33). The van der Waals surface area contributed by atoms with E-state index in [2.05, 4.69) is 16.3 Å². The normalized spacial score (nSPS) is 13.5. The molecule has 1 amide bonds. The molecule has 3 aromatic rings. The van der Waals surface area contributed by atoms with Crippen LogP contribution in [-0.2, 0) is 11.3 Å². The van der Waals surface area contributed by atoms with Gasteiger partial charge in [-0.2, -0.15) is 5.26 Å². The van der Waals surface area contributed by atoms with Gasteiger partial charge in [0.25, 0.3) is 11.5 Å². The van der Waals surface area contributed by atoms with Gasteiger partial charge in [0, 0.05) is 37.9 Å². The topological polar surface area (TPSA) is 108 Å². The number of carbonyl (C=O) groups excluding carboxylic acids is 2. The summed E-state index contributed by atoms with van der Waals surface area (Å²) in [6.07, 6.45) is 4.72. The second-order valence-electron chi connectivity index (χ2n) is 8.74. The average Bonchev–Trinajstić information content (AvgIpc) is 3.31. The van der Waals surface area contributed by atoms with Gasteiger partial charge in [0.05, 0.1) is 23.7 Å². The summed E-state index contributed by atoms with van der Waals surface area (Å²) in [7, 11) is 0.